The Morgan fingerprint density at radius 1 is 1.33 bits per heavy atom. The van der Waals surface area contributed by atoms with Gasteiger partial charge in [0.1, 0.15) is 11.6 Å². The number of fused-ring (bicyclic) bond motifs is 1. The Morgan fingerprint density at radius 2 is 2.29 bits per heavy atom. The summed E-state index contributed by atoms with van der Waals surface area (Å²) in [4.78, 5) is 11.8. The largest absolute Gasteiger partial charge is 0.316 e. The number of hydrogen-bond donors (Lipinski definition) is 1. The van der Waals surface area contributed by atoms with E-state index in [9.17, 15) is 4.39 Å². The van der Waals surface area contributed by atoms with Crippen LogP contribution >= 0.6 is 0 Å². The SMILES string of the molecule is Fc1cccc(CN2CCc3nc(C4CCCNC4)ncc3C2)c1. The van der Waals surface area contributed by atoms with Crippen molar-refractivity contribution in [2.45, 2.75) is 38.3 Å². The van der Waals surface area contributed by atoms with Gasteiger partial charge in [0.05, 0.1) is 0 Å². The summed E-state index contributed by atoms with van der Waals surface area (Å²) >= 11 is 0. The highest BCUT2D eigenvalue weighted by Crippen LogP contribution is 2.24. The molecule has 1 unspecified atom stereocenters. The molecule has 1 saturated heterocycles. The zero-order chi connectivity index (χ0) is 16.4. The normalized spacial score (nSPS) is 21.5. The maximum atomic E-state index is 13.3. The number of benzene rings is 1. The lowest BCUT2D eigenvalue weighted by Crippen LogP contribution is -2.32. The van der Waals surface area contributed by atoms with E-state index in [2.05, 4.69) is 15.2 Å². The quantitative estimate of drug-likeness (QED) is 0.941. The molecule has 1 fully saturated rings. The summed E-state index contributed by atoms with van der Waals surface area (Å²) in [6.07, 6.45) is 5.33. The topological polar surface area (TPSA) is 41.1 Å². The van der Waals surface area contributed by atoms with Gasteiger partial charge in [-0.15, -0.1) is 0 Å². The molecule has 1 aromatic heterocycles. The van der Waals surface area contributed by atoms with E-state index >= 15 is 0 Å². The molecule has 1 atom stereocenters. The van der Waals surface area contributed by atoms with Crippen molar-refractivity contribution in [2.75, 3.05) is 19.6 Å². The van der Waals surface area contributed by atoms with Crippen LogP contribution in [0.1, 0.15) is 41.4 Å². The summed E-state index contributed by atoms with van der Waals surface area (Å²) in [6.45, 7) is 4.67. The number of nitrogens with zero attached hydrogens (tertiary/aromatic N) is 3. The average Bonchev–Trinajstić information content (AvgIpc) is 2.62. The van der Waals surface area contributed by atoms with E-state index in [1.807, 2.05) is 12.3 Å². The first-order valence-corrected chi connectivity index (χ1v) is 8.80. The molecule has 0 spiro atoms. The molecule has 0 saturated carbocycles. The maximum absolute atomic E-state index is 13.3. The minimum Gasteiger partial charge on any atom is -0.316 e. The summed E-state index contributed by atoms with van der Waals surface area (Å²) in [5.74, 6) is 1.29. The van der Waals surface area contributed by atoms with Gasteiger partial charge in [-0.3, -0.25) is 4.90 Å². The molecule has 2 aromatic rings. The third kappa shape index (κ3) is 3.47. The number of nitrogens with one attached hydrogen (secondary N) is 1. The number of rotatable bonds is 3. The molecule has 4 rings (SSSR count). The first kappa shape index (κ1) is 15.7. The van der Waals surface area contributed by atoms with Crippen LogP contribution in [0.5, 0.6) is 0 Å². The Hall–Kier alpha value is -1.85. The number of hydrogen-bond acceptors (Lipinski definition) is 4. The van der Waals surface area contributed by atoms with Crippen molar-refractivity contribution in [1.82, 2.24) is 20.2 Å². The molecular formula is C19H23FN4. The molecule has 1 aromatic carbocycles. The van der Waals surface area contributed by atoms with E-state index in [-0.39, 0.29) is 5.82 Å². The predicted octanol–water partition coefficient (Wildman–Crippen LogP) is 2.64. The van der Waals surface area contributed by atoms with Crippen LogP contribution in [-0.2, 0) is 19.5 Å². The fourth-order valence-electron chi connectivity index (χ4n) is 3.69. The van der Waals surface area contributed by atoms with Gasteiger partial charge in [-0.2, -0.15) is 0 Å². The predicted molar refractivity (Wildman–Crippen MR) is 91.1 cm³/mol. The van der Waals surface area contributed by atoms with Crippen molar-refractivity contribution in [3.63, 3.8) is 0 Å². The molecule has 1 N–H and O–H groups in total. The molecule has 2 aliphatic rings. The third-order valence-electron chi connectivity index (χ3n) is 4.99. The maximum Gasteiger partial charge on any atom is 0.132 e. The Labute approximate surface area is 142 Å². The lowest BCUT2D eigenvalue weighted by Gasteiger charge is -2.29. The smallest absolute Gasteiger partial charge is 0.132 e. The zero-order valence-electron chi connectivity index (χ0n) is 13.8. The van der Waals surface area contributed by atoms with Crippen molar-refractivity contribution in [2.24, 2.45) is 0 Å². The molecule has 5 heteroatoms. The highest BCUT2D eigenvalue weighted by Gasteiger charge is 2.22. The fourth-order valence-corrected chi connectivity index (χ4v) is 3.69. The minimum atomic E-state index is -0.168. The molecule has 126 valence electrons. The van der Waals surface area contributed by atoms with Crippen LogP contribution in [-0.4, -0.2) is 34.5 Å². The zero-order valence-corrected chi connectivity index (χ0v) is 13.8. The monoisotopic (exact) mass is 326 g/mol. The van der Waals surface area contributed by atoms with E-state index in [0.717, 1.165) is 50.5 Å². The molecular weight excluding hydrogens is 303 g/mol. The van der Waals surface area contributed by atoms with Gasteiger partial charge in [0.25, 0.3) is 0 Å². The van der Waals surface area contributed by atoms with Gasteiger partial charge in [-0.25, -0.2) is 14.4 Å². The van der Waals surface area contributed by atoms with Crippen LogP contribution in [0.4, 0.5) is 4.39 Å². The Kier molecular flexibility index (Phi) is 4.54. The van der Waals surface area contributed by atoms with Crippen LogP contribution in [0, 0.1) is 5.82 Å². The molecule has 0 bridgehead atoms. The van der Waals surface area contributed by atoms with Crippen LogP contribution in [0.15, 0.2) is 30.5 Å². The van der Waals surface area contributed by atoms with Crippen LogP contribution in [0.25, 0.3) is 0 Å². The minimum absolute atomic E-state index is 0.168. The number of aromatic nitrogens is 2. The molecule has 0 aliphatic carbocycles. The van der Waals surface area contributed by atoms with Gasteiger partial charge in [-0.1, -0.05) is 12.1 Å². The van der Waals surface area contributed by atoms with Crippen molar-refractivity contribution in [1.29, 1.82) is 0 Å². The van der Waals surface area contributed by atoms with E-state index < -0.39 is 0 Å². The summed E-state index contributed by atoms with van der Waals surface area (Å²) in [5, 5.41) is 3.43. The molecule has 0 radical (unpaired) electrons. The summed E-state index contributed by atoms with van der Waals surface area (Å²) in [5.41, 5.74) is 3.43. The first-order valence-electron chi connectivity index (χ1n) is 8.80. The van der Waals surface area contributed by atoms with Crippen molar-refractivity contribution in [3.8, 4) is 0 Å². The second-order valence-corrected chi connectivity index (χ2v) is 6.83. The van der Waals surface area contributed by atoms with Gasteiger partial charge in [-0.05, 0) is 37.1 Å². The second-order valence-electron chi connectivity index (χ2n) is 6.83. The van der Waals surface area contributed by atoms with E-state index in [1.54, 1.807) is 12.1 Å². The Bertz CT molecular complexity index is 712. The van der Waals surface area contributed by atoms with Crippen molar-refractivity contribution in [3.05, 3.63) is 58.9 Å². The van der Waals surface area contributed by atoms with E-state index in [0.29, 0.717) is 5.92 Å². The van der Waals surface area contributed by atoms with E-state index in [1.165, 1.54) is 30.2 Å². The lowest BCUT2D eigenvalue weighted by atomic mass is 9.98. The fraction of sp³-hybridized carbons (Fsp3) is 0.474. The van der Waals surface area contributed by atoms with Crippen LogP contribution in [0.2, 0.25) is 0 Å². The average molecular weight is 326 g/mol. The van der Waals surface area contributed by atoms with Gasteiger partial charge < -0.3 is 5.32 Å². The highest BCUT2D eigenvalue weighted by molar-refractivity contribution is 5.23. The summed E-state index contributed by atoms with van der Waals surface area (Å²) in [7, 11) is 0. The van der Waals surface area contributed by atoms with Gasteiger partial charge in [0.2, 0.25) is 0 Å². The van der Waals surface area contributed by atoms with Crippen LogP contribution in [0.3, 0.4) is 0 Å². The Balaban J connectivity index is 1.45. The summed E-state index contributed by atoms with van der Waals surface area (Å²) < 4.78 is 13.3. The molecule has 4 nitrogen and oxygen atoms in total. The summed E-state index contributed by atoms with van der Waals surface area (Å²) in [6, 6.07) is 6.86. The van der Waals surface area contributed by atoms with Crippen molar-refractivity contribution < 1.29 is 4.39 Å². The van der Waals surface area contributed by atoms with Crippen molar-refractivity contribution >= 4 is 0 Å². The Morgan fingerprint density at radius 3 is 3.12 bits per heavy atom. The highest BCUT2D eigenvalue weighted by atomic mass is 19.1. The van der Waals surface area contributed by atoms with Gasteiger partial charge in [0, 0.05) is 56.0 Å². The molecule has 3 heterocycles. The molecule has 2 aliphatic heterocycles. The van der Waals surface area contributed by atoms with Gasteiger partial charge in [0.15, 0.2) is 0 Å². The molecule has 24 heavy (non-hydrogen) atoms. The standard InChI is InChI=1S/C19H23FN4/c20-17-5-1-3-14(9-17)12-24-8-6-18-16(13-24)11-22-19(23-18)15-4-2-7-21-10-15/h1,3,5,9,11,15,21H,2,4,6-8,10,12-13H2. The van der Waals surface area contributed by atoms with Crippen LogP contribution < -0.4 is 5.32 Å². The first-order chi connectivity index (χ1) is 11.8. The lowest BCUT2D eigenvalue weighted by molar-refractivity contribution is 0.242. The second kappa shape index (κ2) is 6.95. The number of halogens is 1. The number of piperidine rings is 1. The van der Waals surface area contributed by atoms with Gasteiger partial charge >= 0.3 is 0 Å². The molecule has 0 amide bonds. The third-order valence-corrected chi connectivity index (χ3v) is 4.99. The van der Waals surface area contributed by atoms with E-state index in [4.69, 9.17) is 4.98 Å².